The number of rotatable bonds is 8. The van der Waals surface area contributed by atoms with Crippen molar-refractivity contribution in [2.24, 2.45) is 0 Å². The average Bonchev–Trinajstić information content (AvgIpc) is 2.39. The summed E-state index contributed by atoms with van der Waals surface area (Å²) in [5, 5.41) is 8.75. The highest BCUT2D eigenvalue weighted by atomic mass is 32.2. The van der Waals surface area contributed by atoms with Gasteiger partial charge in [-0.05, 0) is 24.0 Å². The molecule has 1 N–H and O–H groups in total. The lowest BCUT2D eigenvalue weighted by atomic mass is 10.1. The van der Waals surface area contributed by atoms with Crippen molar-refractivity contribution in [1.82, 2.24) is 0 Å². The van der Waals surface area contributed by atoms with Gasteiger partial charge in [-0.25, -0.2) is 8.42 Å². The van der Waals surface area contributed by atoms with Crippen LogP contribution in [-0.4, -0.2) is 18.8 Å². The van der Waals surface area contributed by atoms with Gasteiger partial charge in [0.25, 0.3) is 0 Å². The SMILES string of the molecule is CCCC(CCC)S(=O)(=O)Cc1ccc(CO)cc1. The fraction of sp³-hybridized carbons (Fsp3) is 0.600. The van der Waals surface area contributed by atoms with Crippen LogP contribution in [0.25, 0.3) is 0 Å². The van der Waals surface area contributed by atoms with Crippen LogP contribution in [0.5, 0.6) is 0 Å². The molecule has 19 heavy (non-hydrogen) atoms. The molecule has 0 radical (unpaired) electrons. The second-order valence-corrected chi connectivity index (χ2v) is 7.26. The van der Waals surface area contributed by atoms with Gasteiger partial charge in [-0.1, -0.05) is 51.0 Å². The molecule has 0 saturated heterocycles. The average molecular weight is 284 g/mol. The monoisotopic (exact) mass is 284 g/mol. The summed E-state index contributed by atoms with van der Waals surface area (Å²) < 4.78 is 24.8. The number of benzene rings is 1. The van der Waals surface area contributed by atoms with E-state index in [1.165, 1.54) is 0 Å². The summed E-state index contributed by atoms with van der Waals surface area (Å²) in [6.07, 6.45) is 3.27. The molecular formula is C15H24O3S. The third-order valence-corrected chi connectivity index (χ3v) is 5.53. The zero-order chi connectivity index (χ0) is 14.3. The van der Waals surface area contributed by atoms with E-state index in [9.17, 15) is 8.42 Å². The van der Waals surface area contributed by atoms with Gasteiger partial charge in [0.15, 0.2) is 9.84 Å². The Balaban J connectivity index is 2.81. The molecule has 0 unspecified atom stereocenters. The maximum Gasteiger partial charge on any atom is 0.157 e. The normalized spacial score (nSPS) is 12.0. The fourth-order valence-electron chi connectivity index (χ4n) is 2.24. The van der Waals surface area contributed by atoms with E-state index in [4.69, 9.17) is 5.11 Å². The maximum atomic E-state index is 12.4. The van der Waals surface area contributed by atoms with Crippen molar-refractivity contribution in [3.8, 4) is 0 Å². The van der Waals surface area contributed by atoms with Crippen LogP contribution in [0.15, 0.2) is 24.3 Å². The smallest absolute Gasteiger partial charge is 0.157 e. The zero-order valence-corrected chi connectivity index (χ0v) is 12.6. The Morgan fingerprint density at radius 2 is 1.47 bits per heavy atom. The van der Waals surface area contributed by atoms with Crippen molar-refractivity contribution < 1.29 is 13.5 Å². The largest absolute Gasteiger partial charge is 0.392 e. The first-order chi connectivity index (χ1) is 9.03. The predicted octanol–water partition coefficient (Wildman–Crippen LogP) is 3.06. The Morgan fingerprint density at radius 1 is 1.00 bits per heavy atom. The summed E-state index contributed by atoms with van der Waals surface area (Å²) in [7, 11) is -3.08. The highest BCUT2D eigenvalue weighted by Gasteiger charge is 2.23. The molecule has 1 aromatic carbocycles. The van der Waals surface area contributed by atoms with Crippen molar-refractivity contribution in [2.45, 2.75) is 57.1 Å². The van der Waals surface area contributed by atoms with E-state index in [-0.39, 0.29) is 17.6 Å². The van der Waals surface area contributed by atoms with Crippen molar-refractivity contribution >= 4 is 9.84 Å². The lowest BCUT2D eigenvalue weighted by molar-refractivity contribution is 0.282. The number of aliphatic hydroxyl groups is 1. The molecular weight excluding hydrogens is 260 g/mol. The second kappa shape index (κ2) is 7.65. The molecule has 0 aromatic heterocycles. The maximum absolute atomic E-state index is 12.4. The van der Waals surface area contributed by atoms with Gasteiger partial charge in [0.2, 0.25) is 0 Å². The molecule has 3 nitrogen and oxygen atoms in total. The van der Waals surface area contributed by atoms with Gasteiger partial charge in [0.05, 0.1) is 17.6 Å². The molecule has 0 bridgehead atoms. The molecule has 0 aliphatic heterocycles. The van der Waals surface area contributed by atoms with E-state index in [1.54, 1.807) is 24.3 Å². The van der Waals surface area contributed by atoms with Crippen LogP contribution in [0, 0.1) is 0 Å². The minimum absolute atomic E-state index is 0.0126. The third kappa shape index (κ3) is 4.96. The van der Waals surface area contributed by atoms with Crippen LogP contribution < -0.4 is 0 Å². The van der Waals surface area contributed by atoms with Gasteiger partial charge in [-0.3, -0.25) is 0 Å². The van der Waals surface area contributed by atoms with Gasteiger partial charge >= 0.3 is 0 Å². The van der Waals surface area contributed by atoms with Crippen LogP contribution in [-0.2, 0) is 22.2 Å². The highest BCUT2D eigenvalue weighted by Crippen LogP contribution is 2.20. The van der Waals surface area contributed by atoms with E-state index in [2.05, 4.69) is 0 Å². The molecule has 108 valence electrons. The molecule has 0 fully saturated rings. The van der Waals surface area contributed by atoms with Crippen molar-refractivity contribution in [3.63, 3.8) is 0 Å². The number of aliphatic hydroxyl groups excluding tert-OH is 1. The fourth-order valence-corrected chi connectivity index (χ4v) is 4.32. The Bertz CT molecular complexity index is 457. The number of sulfone groups is 1. The Kier molecular flexibility index (Phi) is 6.52. The van der Waals surface area contributed by atoms with Crippen LogP contribution in [0.4, 0.5) is 0 Å². The van der Waals surface area contributed by atoms with Gasteiger partial charge in [-0.2, -0.15) is 0 Å². The van der Waals surface area contributed by atoms with Crippen molar-refractivity contribution in [3.05, 3.63) is 35.4 Å². The minimum atomic E-state index is -3.08. The Labute approximate surface area is 116 Å². The van der Waals surface area contributed by atoms with E-state index in [0.717, 1.165) is 36.8 Å². The molecule has 0 atom stereocenters. The Morgan fingerprint density at radius 3 is 1.89 bits per heavy atom. The lowest BCUT2D eigenvalue weighted by Gasteiger charge is -2.16. The van der Waals surface area contributed by atoms with E-state index >= 15 is 0 Å². The van der Waals surface area contributed by atoms with E-state index in [0.29, 0.717) is 0 Å². The summed E-state index contributed by atoms with van der Waals surface area (Å²) in [5.74, 6) is 0.101. The molecule has 4 heteroatoms. The van der Waals surface area contributed by atoms with Crippen LogP contribution in [0.1, 0.15) is 50.7 Å². The highest BCUT2D eigenvalue weighted by molar-refractivity contribution is 7.91. The Hall–Kier alpha value is -0.870. The molecule has 0 spiro atoms. The van der Waals surface area contributed by atoms with Crippen molar-refractivity contribution in [1.29, 1.82) is 0 Å². The third-order valence-electron chi connectivity index (χ3n) is 3.30. The first-order valence-corrected chi connectivity index (χ1v) is 8.65. The summed E-state index contributed by atoms with van der Waals surface area (Å²) >= 11 is 0. The summed E-state index contributed by atoms with van der Waals surface area (Å²) in [6, 6.07) is 7.13. The molecule has 1 rings (SSSR count). The standard InChI is InChI=1S/C15H24O3S/c1-3-5-15(6-4-2)19(17,18)12-14-9-7-13(11-16)8-10-14/h7-10,15-16H,3-6,11-12H2,1-2H3. The first kappa shape index (κ1) is 16.2. The molecule has 1 aromatic rings. The summed E-state index contributed by atoms with van der Waals surface area (Å²) in [5.41, 5.74) is 1.61. The molecule has 0 aliphatic carbocycles. The van der Waals surface area contributed by atoms with Gasteiger partial charge in [0.1, 0.15) is 0 Å². The molecule has 0 heterocycles. The quantitative estimate of drug-likeness (QED) is 0.798. The van der Waals surface area contributed by atoms with Gasteiger partial charge in [-0.15, -0.1) is 0 Å². The summed E-state index contributed by atoms with van der Waals surface area (Å²) in [4.78, 5) is 0. The minimum Gasteiger partial charge on any atom is -0.392 e. The van der Waals surface area contributed by atoms with Crippen LogP contribution in [0.2, 0.25) is 0 Å². The number of hydrogen-bond donors (Lipinski definition) is 1. The topological polar surface area (TPSA) is 54.4 Å². The van der Waals surface area contributed by atoms with E-state index in [1.807, 2.05) is 13.8 Å². The molecule has 0 amide bonds. The van der Waals surface area contributed by atoms with E-state index < -0.39 is 9.84 Å². The first-order valence-electron chi connectivity index (χ1n) is 6.93. The molecule has 0 saturated carbocycles. The van der Waals surface area contributed by atoms with Gasteiger partial charge < -0.3 is 5.11 Å². The van der Waals surface area contributed by atoms with Crippen LogP contribution in [0.3, 0.4) is 0 Å². The second-order valence-electron chi connectivity index (χ2n) is 4.98. The van der Waals surface area contributed by atoms with Crippen LogP contribution >= 0.6 is 0 Å². The zero-order valence-electron chi connectivity index (χ0n) is 11.8. The van der Waals surface area contributed by atoms with Crippen molar-refractivity contribution in [2.75, 3.05) is 0 Å². The summed E-state index contributed by atoms with van der Waals surface area (Å²) in [6.45, 7) is 4.03. The predicted molar refractivity (Wildman–Crippen MR) is 78.6 cm³/mol. The molecule has 0 aliphatic rings. The number of hydrogen-bond acceptors (Lipinski definition) is 3. The van der Waals surface area contributed by atoms with Gasteiger partial charge in [0, 0.05) is 0 Å². The lowest BCUT2D eigenvalue weighted by Crippen LogP contribution is -2.22.